The summed E-state index contributed by atoms with van der Waals surface area (Å²) in [6.07, 6.45) is 0. The molecule has 0 atom stereocenters. The van der Waals surface area contributed by atoms with Gasteiger partial charge in [-0.05, 0) is 99.8 Å². The topological polar surface area (TPSA) is 21.3 Å². The van der Waals surface area contributed by atoms with Crippen LogP contribution in [0.15, 0.2) is 174 Å². The Morgan fingerprint density at radius 3 is 2.10 bits per heavy atom. The van der Waals surface area contributed by atoms with E-state index < -0.39 is 0 Å². The molecule has 0 N–H and O–H groups in total. The summed E-state index contributed by atoms with van der Waals surface area (Å²) in [5.74, 6) is 0. The second-order valence-corrected chi connectivity index (χ2v) is 14.6. The lowest BCUT2D eigenvalue weighted by molar-refractivity contribution is 0.660. The second-order valence-electron chi connectivity index (χ2n) is 14.6. The Bertz CT molecular complexity index is 3070. The third-order valence-corrected chi connectivity index (χ3v) is 11.4. The number of fused-ring (bicyclic) bond motifs is 10. The van der Waals surface area contributed by atoms with E-state index in [9.17, 15) is 0 Å². The first kappa shape index (κ1) is 29.2. The van der Waals surface area contributed by atoms with Crippen LogP contribution in [0, 0.1) is 0 Å². The van der Waals surface area contributed by atoms with Crippen LogP contribution in [0.1, 0.15) is 25.0 Å². The fraction of sp³-hybridized carbons (Fsp3) is 0.0612. The Kier molecular flexibility index (Phi) is 6.01. The van der Waals surface area contributed by atoms with E-state index in [0.29, 0.717) is 0 Å². The summed E-state index contributed by atoms with van der Waals surface area (Å²) in [6.45, 7) is 4.70. The molecule has 1 aliphatic rings. The number of furan rings is 1. The fourth-order valence-electron chi connectivity index (χ4n) is 8.89. The van der Waals surface area contributed by atoms with Crippen molar-refractivity contribution in [3.63, 3.8) is 0 Å². The number of rotatable bonds is 4. The number of hydrogen-bond acceptors (Lipinski definition) is 2. The van der Waals surface area contributed by atoms with Crippen LogP contribution in [0.4, 0.5) is 17.1 Å². The Morgan fingerprint density at radius 2 is 1.17 bits per heavy atom. The molecule has 0 aliphatic heterocycles. The van der Waals surface area contributed by atoms with Crippen molar-refractivity contribution in [2.75, 3.05) is 4.90 Å². The molecule has 0 saturated carbocycles. The average molecular weight is 667 g/mol. The molecule has 246 valence electrons. The monoisotopic (exact) mass is 666 g/mol. The van der Waals surface area contributed by atoms with Gasteiger partial charge in [0, 0.05) is 38.6 Å². The Morgan fingerprint density at radius 1 is 0.481 bits per heavy atom. The Labute approximate surface area is 301 Å². The van der Waals surface area contributed by atoms with E-state index in [0.717, 1.165) is 44.7 Å². The molecule has 3 heteroatoms. The predicted molar refractivity (Wildman–Crippen MR) is 218 cm³/mol. The van der Waals surface area contributed by atoms with E-state index in [1.807, 2.05) is 6.07 Å². The molecule has 0 fully saturated rings. The van der Waals surface area contributed by atoms with Gasteiger partial charge in [-0.3, -0.25) is 0 Å². The molecule has 2 aromatic heterocycles. The molecular formula is C49H34N2O. The van der Waals surface area contributed by atoms with Gasteiger partial charge in [0.25, 0.3) is 0 Å². The van der Waals surface area contributed by atoms with Gasteiger partial charge in [-0.1, -0.05) is 117 Å². The smallest absolute Gasteiger partial charge is 0.137 e. The highest BCUT2D eigenvalue weighted by Gasteiger charge is 2.36. The van der Waals surface area contributed by atoms with E-state index >= 15 is 0 Å². The van der Waals surface area contributed by atoms with Crippen LogP contribution < -0.4 is 4.90 Å². The third-order valence-electron chi connectivity index (χ3n) is 11.4. The van der Waals surface area contributed by atoms with E-state index in [-0.39, 0.29) is 5.41 Å². The van der Waals surface area contributed by atoms with Gasteiger partial charge < -0.3 is 13.9 Å². The molecule has 0 spiro atoms. The van der Waals surface area contributed by atoms with Crippen LogP contribution in [0.2, 0.25) is 0 Å². The van der Waals surface area contributed by atoms with Crippen molar-refractivity contribution in [2.24, 2.45) is 0 Å². The van der Waals surface area contributed by atoms with E-state index in [4.69, 9.17) is 4.42 Å². The quantitative estimate of drug-likeness (QED) is 0.186. The summed E-state index contributed by atoms with van der Waals surface area (Å²) in [5.41, 5.74) is 13.8. The third kappa shape index (κ3) is 4.08. The first-order valence-electron chi connectivity index (χ1n) is 18.0. The minimum atomic E-state index is -0.126. The lowest BCUT2D eigenvalue weighted by Crippen LogP contribution is -2.16. The first-order chi connectivity index (χ1) is 25.5. The SMILES string of the molecule is CC1(C)c2ccccc2-c2ccc(N(c3ccc4c(c3)c3ccccc3n4-c3ccc4ccccc4c3)c3cccc4oc5ccccc5c34)cc21. The summed E-state index contributed by atoms with van der Waals surface area (Å²) in [6, 6.07) is 61.8. The molecule has 8 aromatic carbocycles. The standard InChI is InChI=1S/C49H34N2O/c1-49(2)41-17-8-5-14-36(41)37-26-24-35(30-42(37)49)50(45-19-11-21-47-48(45)39-16-7-10-20-46(39)52-47)34-25-27-44-40(29-34)38-15-6-9-18-43(38)51(44)33-23-22-31-12-3-4-13-32(31)28-33/h3-30H,1-2H3. The Hall–Kier alpha value is -6.58. The fourth-order valence-corrected chi connectivity index (χ4v) is 8.89. The number of nitrogens with zero attached hydrogens (tertiary/aromatic N) is 2. The second kappa shape index (κ2) is 10.7. The summed E-state index contributed by atoms with van der Waals surface area (Å²) in [4.78, 5) is 2.44. The zero-order valence-electron chi connectivity index (χ0n) is 29.0. The number of benzene rings is 8. The molecule has 3 nitrogen and oxygen atoms in total. The van der Waals surface area contributed by atoms with Gasteiger partial charge in [-0.25, -0.2) is 0 Å². The van der Waals surface area contributed by atoms with Crippen molar-refractivity contribution in [1.82, 2.24) is 4.57 Å². The predicted octanol–water partition coefficient (Wildman–Crippen LogP) is 13.6. The highest BCUT2D eigenvalue weighted by Crippen LogP contribution is 2.52. The number of hydrogen-bond donors (Lipinski definition) is 0. The summed E-state index contributed by atoms with van der Waals surface area (Å²) in [7, 11) is 0. The van der Waals surface area contributed by atoms with Gasteiger partial charge >= 0.3 is 0 Å². The maximum absolute atomic E-state index is 6.45. The minimum Gasteiger partial charge on any atom is -0.456 e. The van der Waals surface area contributed by atoms with Crippen LogP contribution in [-0.2, 0) is 5.41 Å². The Balaban J connectivity index is 1.18. The van der Waals surface area contributed by atoms with Gasteiger partial charge in [0.2, 0.25) is 0 Å². The van der Waals surface area contributed by atoms with E-state index in [2.05, 4.69) is 187 Å². The molecule has 0 bridgehead atoms. The van der Waals surface area contributed by atoms with Gasteiger partial charge in [0.05, 0.1) is 22.1 Å². The van der Waals surface area contributed by atoms with Crippen molar-refractivity contribution >= 4 is 71.6 Å². The normalized spacial score (nSPS) is 13.3. The number of aromatic nitrogens is 1. The molecule has 2 heterocycles. The molecular weight excluding hydrogens is 633 g/mol. The van der Waals surface area contributed by atoms with Crippen molar-refractivity contribution in [3.8, 4) is 16.8 Å². The first-order valence-corrected chi connectivity index (χ1v) is 18.0. The molecule has 0 saturated heterocycles. The van der Waals surface area contributed by atoms with Crippen LogP contribution in [0.25, 0.3) is 71.3 Å². The number of anilines is 3. The van der Waals surface area contributed by atoms with Crippen LogP contribution in [-0.4, -0.2) is 4.57 Å². The summed E-state index contributed by atoms with van der Waals surface area (Å²) >= 11 is 0. The van der Waals surface area contributed by atoms with Gasteiger partial charge in [-0.15, -0.1) is 0 Å². The van der Waals surface area contributed by atoms with Crippen LogP contribution in [0.5, 0.6) is 0 Å². The zero-order valence-corrected chi connectivity index (χ0v) is 29.0. The molecule has 0 unspecified atom stereocenters. The molecule has 1 aliphatic carbocycles. The molecule has 11 rings (SSSR count). The molecule has 52 heavy (non-hydrogen) atoms. The van der Waals surface area contributed by atoms with Crippen molar-refractivity contribution in [1.29, 1.82) is 0 Å². The van der Waals surface area contributed by atoms with Crippen molar-refractivity contribution in [3.05, 3.63) is 181 Å². The van der Waals surface area contributed by atoms with Crippen LogP contribution in [0.3, 0.4) is 0 Å². The summed E-state index contributed by atoms with van der Waals surface area (Å²) < 4.78 is 8.85. The zero-order chi connectivity index (χ0) is 34.6. The molecule has 0 amide bonds. The van der Waals surface area contributed by atoms with Crippen molar-refractivity contribution in [2.45, 2.75) is 19.3 Å². The average Bonchev–Trinajstić information content (AvgIpc) is 3.81. The van der Waals surface area contributed by atoms with Gasteiger partial charge in [0.15, 0.2) is 0 Å². The number of para-hydroxylation sites is 2. The van der Waals surface area contributed by atoms with E-state index in [1.54, 1.807) is 0 Å². The highest BCUT2D eigenvalue weighted by molar-refractivity contribution is 6.15. The van der Waals surface area contributed by atoms with Gasteiger partial charge in [-0.2, -0.15) is 0 Å². The maximum Gasteiger partial charge on any atom is 0.137 e. The van der Waals surface area contributed by atoms with E-state index in [1.165, 1.54) is 54.8 Å². The minimum absolute atomic E-state index is 0.126. The maximum atomic E-state index is 6.45. The van der Waals surface area contributed by atoms with Crippen molar-refractivity contribution < 1.29 is 4.42 Å². The molecule has 10 aromatic rings. The lowest BCUT2D eigenvalue weighted by atomic mass is 9.82. The lowest BCUT2D eigenvalue weighted by Gasteiger charge is -2.29. The van der Waals surface area contributed by atoms with Gasteiger partial charge in [0.1, 0.15) is 11.2 Å². The molecule has 0 radical (unpaired) electrons. The summed E-state index contributed by atoms with van der Waals surface area (Å²) in [5, 5.41) is 7.14. The van der Waals surface area contributed by atoms with Crippen LogP contribution >= 0.6 is 0 Å². The largest absolute Gasteiger partial charge is 0.456 e. The highest BCUT2D eigenvalue weighted by atomic mass is 16.3.